The summed E-state index contributed by atoms with van der Waals surface area (Å²) in [5.74, 6) is 1.22. The molecular formula is C14H19NO. The van der Waals surface area contributed by atoms with E-state index >= 15 is 0 Å². The molecule has 1 fully saturated rings. The molecule has 0 amide bonds. The first-order chi connectivity index (χ1) is 7.74. The Morgan fingerprint density at radius 2 is 2.12 bits per heavy atom. The van der Waals surface area contributed by atoms with Gasteiger partial charge >= 0.3 is 0 Å². The molecule has 86 valence electrons. The number of benzene rings is 1. The number of aromatic hydroxyl groups is 1. The number of piperidine rings is 1. The van der Waals surface area contributed by atoms with Crippen molar-refractivity contribution in [3.8, 4) is 5.75 Å². The van der Waals surface area contributed by atoms with Gasteiger partial charge in [-0.1, -0.05) is 6.07 Å². The number of nitrogens with zero attached hydrogens (tertiary/aromatic N) is 1. The van der Waals surface area contributed by atoms with Crippen LogP contribution in [-0.2, 0) is 12.8 Å². The Labute approximate surface area is 96.9 Å². The molecule has 0 saturated carbocycles. The zero-order valence-corrected chi connectivity index (χ0v) is 9.82. The highest BCUT2D eigenvalue weighted by Crippen LogP contribution is 2.35. The third-order valence-electron chi connectivity index (χ3n) is 4.30. The van der Waals surface area contributed by atoms with Gasteiger partial charge in [-0.3, -0.25) is 0 Å². The number of fused-ring (bicyclic) bond motifs is 2. The molecule has 1 aromatic carbocycles. The summed E-state index contributed by atoms with van der Waals surface area (Å²) in [4.78, 5) is 2.52. The molecule has 2 heteroatoms. The predicted molar refractivity (Wildman–Crippen MR) is 64.7 cm³/mol. The number of rotatable bonds is 0. The number of phenols is 1. The van der Waals surface area contributed by atoms with E-state index in [4.69, 9.17) is 0 Å². The lowest BCUT2D eigenvalue weighted by Crippen LogP contribution is -2.47. The fraction of sp³-hybridized carbons (Fsp3) is 0.571. The summed E-state index contributed by atoms with van der Waals surface area (Å²) < 4.78 is 0. The maximum absolute atomic E-state index is 9.53. The van der Waals surface area contributed by atoms with Crippen molar-refractivity contribution >= 4 is 0 Å². The lowest BCUT2D eigenvalue weighted by Gasteiger charge is -2.42. The van der Waals surface area contributed by atoms with Crippen molar-refractivity contribution in [2.24, 2.45) is 5.92 Å². The zero-order valence-electron chi connectivity index (χ0n) is 9.82. The normalized spacial score (nSPS) is 29.6. The first-order valence-corrected chi connectivity index (χ1v) is 6.25. The second-order valence-corrected chi connectivity index (χ2v) is 5.31. The Morgan fingerprint density at radius 1 is 1.25 bits per heavy atom. The van der Waals surface area contributed by atoms with Crippen molar-refractivity contribution in [1.29, 1.82) is 0 Å². The third-order valence-corrected chi connectivity index (χ3v) is 4.30. The molecule has 1 heterocycles. The average molecular weight is 217 g/mol. The molecule has 3 rings (SSSR count). The highest BCUT2D eigenvalue weighted by Gasteiger charge is 2.33. The lowest BCUT2D eigenvalue weighted by molar-refractivity contribution is 0.112. The quantitative estimate of drug-likeness (QED) is 0.720. The molecule has 2 nitrogen and oxygen atoms in total. The molecule has 1 N–H and O–H groups in total. The molecule has 1 aliphatic heterocycles. The molecule has 0 radical (unpaired) electrons. The van der Waals surface area contributed by atoms with E-state index in [-0.39, 0.29) is 0 Å². The topological polar surface area (TPSA) is 23.5 Å². The largest absolute Gasteiger partial charge is 0.508 e. The van der Waals surface area contributed by atoms with Crippen molar-refractivity contribution < 1.29 is 5.11 Å². The molecule has 0 unspecified atom stereocenters. The number of hydrogen-bond acceptors (Lipinski definition) is 2. The van der Waals surface area contributed by atoms with E-state index in [0.717, 1.165) is 24.8 Å². The van der Waals surface area contributed by atoms with Crippen LogP contribution in [0.15, 0.2) is 18.2 Å². The molecular weight excluding hydrogens is 198 g/mol. The monoisotopic (exact) mass is 217 g/mol. The molecule has 1 saturated heterocycles. The van der Waals surface area contributed by atoms with E-state index in [0.29, 0.717) is 5.75 Å². The summed E-state index contributed by atoms with van der Waals surface area (Å²) in [5.41, 5.74) is 2.81. The number of likely N-dealkylation sites (tertiary alicyclic amines) is 1. The fourth-order valence-electron chi connectivity index (χ4n) is 3.39. The van der Waals surface area contributed by atoms with E-state index in [1.165, 1.54) is 30.5 Å². The van der Waals surface area contributed by atoms with Crippen LogP contribution in [0.2, 0.25) is 0 Å². The van der Waals surface area contributed by atoms with Gasteiger partial charge in [0.15, 0.2) is 0 Å². The molecule has 0 aromatic heterocycles. The maximum atomic E-state index is 9.53. The number of likely N-dealkylation sites (N-methyl/N-ethyl adjacent to an activating group) is 1. The van der Waals surface area contributed by atoms with Gasteiger partial charge in [-0.15, -0.1) is 0 Å². The first kappa shape index (κ1) is 10.2. The van der Waals surface area contributed by atoms with Crippen molar-refractivity contribution in [2.75, 3.05) is 13.6 Å². The fourth-order valence-corrected chi connectivity index (χ4v) is 3.39. The standard InChI is InChI=1S/C14H19NO/c1-15-6-2-3-11-7-12-8-13(16)5-4-10(12)9-14(11)15/h4-5,8,11,14,16H,2-3,6-7,9H2,1H3/t11-,14-/m0/s1. The van der Waals surface area contributed by atoms with Gasteiger partial charge in [0, 0.05) is 6.04 Å². The van der Waals surface area contributed by atoms with Gasteiger partial charge in [0.1, 0.15) is 5.75 Å². The summed E-state index contributed by atoms with van der Waals surface area (Å²) in [6, 6.07) is 6.61. The summed E-state index contributed by atoms with van der Waals surface area (Å²) >= 11 is 0. The van der Waals surface area contributed by atoms with Crippen LogP contribution in [0.3, 0.4) is 0 Å². The number of hydrogen-bond donors (Lipinski definition) is 1. The van der Waals surface area contributed by atoms with Crippen LogP contribution in [0.25, 0.3) is 0 Å². The van der Waals surface area contributed by atoms with Crippen LogP contribution in [0.5, 0.6) is 5.75 Å². The van der Waals surface area contributed by atoms with Crippen molar-refractivity contribution in [2.45, 2.75) is 31.7 Å². The molecule has 16 heavy (non-hydrogen) atoms. The number of phenolic OH excluding ortho intramolecular Hbond substituents is 1. The maximum Gasteiger partial charge on any atom is 0.115 e. The van der Waals surface area contributed by atoms with Gasteiger partial charge in [0.05, 0.1) is 0 Å². The van der Waals surface area contributed by atoms with Crippen LogP contribution < -0.4 is 0 Å². The molecule has 0 spiro atoms. The van der Waals surface area contributed by atoms with E-state index < -0.39 is 0 Å². The van der Waals surface area contributed by atoms with Crippen molar-refractivity contribution in [3.63, 3.8) is 0 Å². The Hall–Kier alpha value is -1.02. The van der Waals surface area contributed by atoms with Crippen LogP contribution in [-0.4, -0.2) is 29.6 Å². The van der Waals surface area contributed by atoms with Crippen LogP contribution in [0.4, 0.5) is 0 Å². The minimum Gasteiger partial charge on any atom is -0.508 e. The minimum absolute atomic E-state index is 0.418. The van der Waals surface area contributed by atoms with Crippen LogP contribution in [0.1, 0.15) is 24.0 Å². The minimum atomic E-state index is 0.418. The smallest absolute Gasteiger partial charge is 0.115 e. The summed E-state index contributed by atoms with van der Waals surface area (Å²) in [7, 11) is 2.25. The molecule has 2 aliphatic rings. The second kappa shape index (κ2) is 3.77. The molecule has 1 aliphatic carbocycles. The van der Waals surface area contributed by atoms with E-state index in [1.807, 2.05) is 12.1 Å². The Balaban J connectivity index is 1.93. The highest BCUT2D eigenvalue weighted by molar-refractivity contribution is 5.37. The Bertz CT molecular complexity index is 402. The predicted octanol–water partition coefficient (Wildman–Crippen LogP) is 2.20. The highest BCUT2D eigenvalue weighted by atomic mass is 16.3. The van der Waals surface area contributed by atoms with Crippen molar-refractivity contribution in [3.05, 3.63) is 29.3 Å². The van der Waals surface area contributed by atoms with Gasteiger partial charge < -0.3 is 10.0 Å². The van der Waals surface area contributed by atoms with Gasteiger partial charge in [-0.05, 0) is 68.5 Å². The molecule has 0 bridgehead atoms. The van der Waals surface area contributed by atoms with Gasteiger partial charge in [0.25, 0.3) is 0 Å². The van der Waals surface area contributed by atoms with Crippen molar-refractivity contribution in [1.82, 2.24) is 4.90 Å². The van der Waals surface area contributed by atoms with Gasteiger partial charge in [0.2, 0.25) is 0 Å². The summed E-state index contributed by atoms with van der Waals surface area (Å²) in [5, 5.41) is 9.53. The van der Waals surface area contributed by atoms with E-state index in [2.05, 4.69) is 18.0 Å². The SMILES string of the molecule is CN1CCC[C@H]2Cc3cc(O)ccc3C[C@@H]21. The van der Waals surface area contributed by atoms with Crippen LogP contribution in [0, 0.1) is 5.92 Å². The van der Waals surface area contributed by atoms with E-state index in [1.54, 1.807) is 0 Å². The first-order valence-electron chi connectivity index (χ1n) is 6.25. The molecule has 1 aromatic rings. The third kappa shape index (κ3) is 1.61. The van der Waals surface area contributed by atoms with Gasteiger partial charge in [-0.25, -0.2) is 0 Å². The Morgan fingerprint density at radius 3 is 3.00 bits per heavy atom. The average Bonchev–Trinajstić information content (AvgIpc) is 2.27. The zero-order chi connectivity index (χ0) is 11.1. The Kier molecular flexibility index (Phi) is 2.40. The van der Waals surface area contributed by atoms with Gasteiger partial charge in [-0.2, -0.15) is 0 Å². The summed E-state index contributed by atoms with van der Waals surface area (Å²) in [6.45, 7) is 1.24. The lowest BCUT2D eigenvalue weighted by atomic mass is 9.75. The summed E-state index contributed by atoms with van der Waals surface area (Å²) in [6.07, 6.45) is 4.99. The molecule has 2 atom stereocenters. The van der Waals surface area contributed by atoms with E-state index in [9.17, 15) is 5.11 Å². The van der Waals surface area contributed by atoms with Crippen LogP contribution >= 0.6 is 0 Å². The second-order valence-electron chi connectivity index (χ2n) is 5.31.